The van der Waals surface area contributed by atoms with E-state index < -0.39 is 17.9 Å². The molecule has 1 heterocycles. The van der Waals surface area contributed by atoms with Gasteiger partial charge in [-0.1, -0.05) is 18.2 Å². The molecule has 1 amide bonds. The fraction of sp³-hybridized carbons (Fsp3) is 0.263. The summed E-state index contributed by atoms with van der Waals surface area (Å²) in [5.74, 6) is -0.774. The van der Waals surface area contributed by atoms with E-state index in [9.17, 15) is 14.7 Å². The third kappa shape index (κ3) is 3.80. The van der Waals surface area contributed by atoms with E-state index in [-0.39, 0.29) is 0 Å². The first kappa shape index (κ1) is 17.0. The van der Waals surface area contributed by atoms with Crippen LogP contribution in [0.5, 0.6) is 5.75 Å². The molecule has 0 aliphatic carbocycles. The van der Waals surface area contributed by atoms with Gasteiger partial charge in [-0.25, -0.2) is 4.79 Å². The Morgan fingerprint density at radius 2 is 2.00 bits per heavy atom. The van der Waals surface area contributed by atoms with E-state index in [4.69, 9.17) is 9.47 Å². The maximum absolute atomic E-state index is 12.4. The third-order valence-electron chi connectivity index (χ3n) is 4.10. The fourth-order valence-electron chi connectivity index (χ4n) is 2.81. The normalized spacial score (nSPS) is 13.6. The van der Waals surface area contributed by atoms with Crippen LogP contribution in [0, 0.1) is 0 Å². The minimum Gasteiger partial charge on any atom is -0.493 e. The molecular formula is C19H19NO5. The lowest BCUT2D eigenvalue weighted by atomic mass is 10.0. The van der Waals surface area contributed by atoms with Crippen molar-refractivity contribution >= 4 is 11.9 Å². The number of nitrogens with one attached hydrogen (secondary N) is 1. The van der Waals surface area contributed by atoms with Crippen molar-refractivity contribution in [1.29, 1.82) is 0 Å². The van der Waals surface area contributed by atoms with Gasteiger partial charge >= 0.3 is 5.97 Å². The van der Waals surface area contributed by atoms with Gasteiger partial charge in [0.05, 0.1) is 13.2 Å². The van der Waals surface area contributed by atoms with E-state index in [1.54, 1.807) is 49.6 Å². The van der Waals surface area contributed by atoms with E-state index >= 15 is 0 Å². The number of carboxylic acid groups (broad SMARTS) is 1. The minimum absolute atomic E-state index is 0.399. The summed E-state index contributed by atoms with van der Waals surface area (Å²) in [6.07, 6.45) is 0.740. The average Bonchev–Trinajstić information content (AvgIpc) is 3.07. The van der Waals surface area contributed by atoms with Crippen molar-refractivity contribution in [2.24, 2.45) is 0 Å². The Kier molecular flexibility index (Phi) is 5.00. The average molecular weight is 341 g/mol. The van der Waals surface area contributed by atoms with Gasteiger partial charge in [-0.2, -0.15) is 0 Å². The summed E-state index contributed by atoms with van der Waals surface area (Å²) in [7, 11) is 1.60. The molecular weight excluding hydrogens is 322 g/mol. The van der Waals surface area contributed by atoms with Crippen LogP contribution < -0.4 is 10.1 Å². The highest BCUT2D eigenvalue weighted by atomic mass is 16.5. The van der Waals surface area contributed by atoms with Gasteiger partial charge in [-0.05, 0) is 41.0 Å². The van der Waals surface area contributed by atoms with Gasteiger partial charge in [0, 0.05) is 19.1 Å². The third-order valence-corrected chi connectivity index (χ3v) is 4.10. The summed E-state index contributed by atoms with van der Waals surface area (Å²) in [6.45, 7) is 1.05. The molecule has 2 aromatic carbocycles. The molecule has 6 heteroatoms. The van der Waals surface area contributed by atoms with Crippen LogP contribution in [-0.2, 0) is 22.6 Å². The van der Waals surface area contributed by atoms with Gasteiger partial charge in [-0.3, -0.25) is 4.79 Å². The van der Waals surface area contributed by atoms with Crippen LogP contribution in [-0.4, -0.2) is 30.7 Å². The summed E-state index contributed by atoms with van der Waals surface area (Å²) >= 11 is 0. The van der Waals surface area contributed by atoms with Crippen LogP contribution in [0.2, 0.25) is 0 Å². The smallest absolute Gasteiger partial charge is 0.330 e. The highest BCUT2D eigenvalue weighted by Crippen LogP contribution is 2.28. The van der Waals surface area contributed by atoms with Crippen LogP contribution in [0.3, 0.4) is 0 Å². The number of rotatable bonds is 6. The molecule has 0 saturated heterocycles. The topological polar surface area (TPSA) is 84.9 Å². The Labute approximate surface area is 145 Å². The van der Waals surface area contributed by atoms with Gasteiger partial charge in [0.2, 0.25) is 0 Å². The van der Waals surface area contributed by atoms with Crippen molar-refractivity contribution in [2.75, 3.05) is 13.7 Å². The fourth-order valence-corrected chi connectivity index (χ4v) is 2.81. The van der Waals surface area contributed by atoms with E-state index in [1.807, 2.05) is 0 Å². The van der Waals surface area contributed by atoms with Crippen molar-refractivity contribution in [3.63, 3.8) is 0 Å². The van der Waals surface area contributed by atoms with Crippen LogP contribution in [0.25, 0.3) is 0 Å². The molecule has 0 radical (unpaired) electrons. The number of carbonyl (C=O) groups is 2. The Morgan fingerprint density at radius 1 is 1.24 bits per heavy atom. The van der Waals surface area contributed by atoms with Gasteiger partial charge < -0.3 is 19.9 Å². The monoisotopic (exact) mass is 341 g/mol. The zero-order chi connectivity index (χ0) is 17.8. The van der Waals surface area contributed by atoms with Crippen LogP contribution in [0.15, 0.2) is 42.5 Å². The molecule has 3 rings (SSSR count). The summed E-state index contributed by atoms with van der Waals surface area (Å²) < 4.78 is 10.5. The van der Waals surface area contributed by atoms with Crippen LogP contribution in [0.1, 0.15) is 33.1 Å². The molecule has 0 fully saturated rings. The summed E-state index contributed by atoms with van der Waals surface area (Å²) in [4.78, 5) is 24.0. The lowest BCUT2D eigenvalue weighted by Crippen LogP contribution is -2.33. The molecule has 0 bridgehead atoms. The van der Waals surface area contributed by atoms with Gasteiger partial charge in [0.25, 0.3) is 5.91 Å². The Balaban J connectivity index is 1.77. The molecule has 130 valence electrons. The van der Waals surface area contributed by atoms with Crippen molar-refractivity contribution in [3.8, 4) is 5.75 Å². The Morgan fingerprint density at radius 3 is 2.68 bits per heavy atom. The highest BCUT2D eigenvalue weighted by molar-refractivity contribution is 5.96. The molecule has 1 aliphatic heterocycles. The van der Waals surface area contributed by atoms with Gasteiger partial charge in [-0.15, -0.1) is 0 Å². The van der Waals surface area contributed by atoms with Crippen LogP contribution in [0.4, 0.5) is 0 Å². The number of ether oxygens (including phenoxy) is 2. The zero-order valence-electron chi connectivity index (χ0n) is 13.8. The van der Waals surface area contributed by atoms with Gasteiger partial charge in [0.1, 0.15) is 5.75 Å². The number of hydrogen-bond acceptors (Lipinski definition) is 4. The first-order valence-electron chi connectivity index (χ1n) is 7.95. The molecule has 1 aliphatic rings. The quantitative estimate of drug-likeness (QED) is 0.842. The number of benzene rings is 2. The Bertz CT molecular complexity index is 785. The van der Waals surface area contributed by atoms with Crippen LogP contribution >= 0.6 is 0 Å². The summed E-state index contributed by atoms with van der Waals surface area (Å²) in [5, 5.41) is 12.1. The first-order valence-corrected chi connectivity index (χ1v) is 7.95. The molecule has 0 saturated carbocycles. The van der Waals surface area contributed by atoms with E-state index in [0.29, 0.717) is 24.3 Å². The molecule has 1 atom stereocenters. The second-order valence-corrected chi connectivity index (χ2v) is 5.84. The predicted octanol–water partition coefficient (Wildman–Crippen LogP) is 2.32. The van der Waals surface area contributed by atoms with Crippen molar-refractivity contribution in [3.05, 3.63) is 64.7 Å². The number of aliphatic carboxylic acids is 1. The maximum Gasteiger partial charge on any atom is 0.330 e. The van der Waals surface area contributed by atoms with Crippen molar-refractivity contribution < 1.29 is 24.2 Å². The molecule has 2 aromatic rings. The summed E-state index contributed by atoms with van der Waals surface area (Å²) in [5.41, 5.74) is 2.83. The summed E-state index contributed by atoms with van der Waals surface area (Å²) in [6, 6.07) is 10.9. The molecule has 0 aromatic heterocycles. The molecule has 25 heavy (non-hydrogen) atoms. The highest BCUT2D eigenvalue weighted by Gasteiger charge is 2.24. The number of methoxy groups -OCH3 is 1. The predicted molar refractivity (Wildman–Crippen MR) is 90.6 cm³/mol. The standard InChI is InChI=1S/C19H19NO5/c1-24-11-12-2-4-13(5-3-12)18(21)20-17(19(22)23)15-6-7-16-14(10-15)8-9-25-16/h2-7,10,17H,8-9,11H2,1H3,(H,20,21)(H,22,23). The number of fused-ring (bicyclic) bond motifs is 1. The second-order valence-electron chi connectivity index (χ2n) is 5.84. The van der Waals surface area contributed by atoms with E-state index in [2.05, 4.69) is 5.32 Å². The van der Waals surface area contributed by atoms with E-state index in [1.165, 1.54) is 0 Å². The zero-order valence-corrected chi connectivity index (χ0v) is 13.8. The van der Waals surface area contributed by atoms with Gasteiger partial charge in [0.15, 0.2) is 6.04 Å². The molecule has 2 N–H and O–H groups in total. The van der Waals surface area contributed by atoms with Crippen molar-refractivity contribution in [1.82, 2.24) is 5.32 Å². The SMILES string of the molecule is COCc1ccc(C(=O)NC(C(=O)O)c2ccc3c(c2)CCO3)cc1. The molecule has 6 nitrogen and oxygen atoms in total. The number of amides is 1. The number of carbonyl (C=O) groups excluding carboxylic acids is 1. The Hall–Kier alpha value is -2.86. The second kappa shape index (κ2) is 7.36. The molecule has 1 unspecified atom stereocenters. The number of carboxylic acids is 1. The lowest BCUT2D eigenvalue weighted by molar-refractivity contribution is -0.139. The van der Waals surface area contributed by atoms with E-state index in [0.717, 1.165) is 23.3 Å². The molecule has 0 spiro atoms. The number of hydrogen-bond donors (Lipinski definition) is 2. The first-order chi connectivity index (χ1) is 12.1. The maximum atomic E-state index is 12.4. The lowest BCUT2D eigenvalue weighted by Gasteiger charge is -2.16. The largest absolute Gasteiger partial charge is 0.493 e. The minimum atomic E-state index is -1.11. The van der Waals surface area contributed by atoms with Crippen molar-refractivity contribution in [2.45, 2.75) is 19.1 Å².